The van der Waals surface area contributed by atoms with Gasteiger partial charge in [0.2, 0.25) is 0 Å². The van der Waals surface area contributed by atoms with Crippen molar-refractivity contribution in [2.24, 2.45) is 0 Å². The molecule has 0 saturated heterocycles. The molecule has 0 saturated carbocycles. The summed E-state index contributed by atoms with van der Waals surface area (Å²) in [7, 11) is 0.680. The van der Waals surface area contributed by atoms with Crippen molar-refractivity contribution in [2.45, 2.75) is 0 Å². The minimum Gasteiger partial charge on any atom is -0.256 e. The van der Waals surface area contributed by atoms with Crippen LogP contribution in [0.25, 0.3) is 22.2 Å². The molecule has 3 heteroatoms. The Morgan fingerprint density at radius 1 is 0.765 bits per heavy atom. The van der Waals surface area contributed by atoms with Crippen LogP contribution in [0.5, 0.6) is 0 Å². The summed E-state index contributed by atoms with van der Waals surface area (Å²) in [5.41, 5.74) is 3.27. The summed E-state index contributed by atoms with van der Waals surface area (Å²) in [6.45, 7) is 0. The van der Waals surface area contributed by atoms with Crippen molar-refractivity contribution in [3.05, 3.63) is 60.7 Å². The highest BCUT2D eigenvalue weighted by atomic mass is 31.0. The van der Waals surface area contributed by atoms with Crippen molar-refractivity contribution >= 4 is 8.19 Å². The molecule has 0 amide bonds. The molecule has 17 heavy (non-hydrogen) atoms. The summed E-state index contributed by atoms with van der Waals surface area (Å²) in [4.78, 5) is 8.82. The molecule has 0 aromatic carbocycles. The summed E-state index contributed by atoms with van der Waals surface area (Å²) >= 11 is 0. The molecule has 3 aromatic heterocycles. The topological polar surface area (TPSA) is 25.8 Å². The fourth-order valence-corrected chi connectivity index (χ4v) is 2.91. The molecule has 2 nitrogen and oxygen atoms in total. The Kier molecular flexibility index (Phi) is 2.73. The van der Waals surface area contributed by atoms with Crippen LogP contribution in [0.2, 0.25) is 0 Å². The Morgan fingerprint density at radius 2 is 1.47 bits per heavy atom. The Bertz CT molecular complexity index is 548. The molecule has 0 aliphatic carbocycles. The number of hydrogen-bond acceptors (Lipinski definition) is 2. The van der Waals surface area contributed by atoms with E-state index >= 15 is 0 Å². The van der Waals surface area contributed by atoms with Crippen LogP contribution in [0.4, 0.5) is 0 Å². The molecule has 3 rings (SSSR count). The van der Waals surface area contributed by atoms with Gasteiger partial charge in [0.25, 0.3) is 0 Å². The first-order valence-electron chi connectivity index (χ1n) is 5.45. The molecule has 0 fully saturated rings. The highest BCUT2D eigenvalue weighted by molar-refractivity contribution is 7.33. The van der Waals surface area contributed by atoms with E-state index in [0.717, 1.165) is 11.4 Å². The lowest BCUT2D eigenvalue weighted by Crippen LogP contribution is -1.83. The summed E-state index contributed by atoms with van der Waals surface area (Å²) < 4.78 is 0. The third-order valence-corrected chi connectivity index (χ3v) is 3.76. The van der Waals surface area contributed by atoms with Crippen molar-refractivity contribution in [3.8, 4) is 22.2 Å². The second kappa shape index (κ2) is 4.52. The summed E-state index contributed by atoms with van der Waals surface area (Å²) in [5.74, 6) is 2.19. The van der Waals surface area contributed by atoms with Gasteiger partial charge in [0.1, 0.15) is 0 Å². The van der Waals surface area contributed by atoms with Crippen molar-refractivity contribution < 1.29 is 0 Å². The van der Waals surface area contributed by atoms with Crippen molar-refractivity contribution in [3.63, 3.8) is 0 Å². The molecular formula is C14H11N2P. The Hall–Kier alpha value is -1.92. The molecule has 3 aromatic rings. The van der Waals surface area contributed by atoms with Crippen LogP contribution in [0.15, 0.2) is 60.7 Å². The Labute approximate surface area is 101 Å². The van der Waals surface area contributed by atoms with Gasteiger partial charge in [0.05, 0.1) is 11.4 Å². The molecule has 0 spiro atoms. The second-order valence-corrected chi connectivity index (χ2v) is 4.82. The highest BCUT2D eigenvalue weighted by Crippen LogP contribution is 2.37. The van der Waals surface area contributed by atoms with Crippen molar-refractivity contribution in [2.75, 3.05) is 0 Å². The van der Waals surface area contributed by atoms with E-state index in [4.69, 9.17) is 0 Å². The minimum atomic E-state index is 0.680. The van der Waals surface area contributed by atoms with Gasteiger partial charge in [0, 0.05) is 23.3 Å². The van der Waals surface area contributed by atoms with Gasteiger partial charge < -0.3 is 0 Å². The monoisotopic (exact) mass is 238 g/mol. The third-order valence-electron chi connectivity index (χ3n) is 2.61. The maximum Gasteiger partial charge on any atom is 0.0745 e. The molecule has 0 bridgehead atoms. The first kappa shape index (κ1) is 10.2. The molecular weight excluding hydrogens is 227 g/mol. The molecule has 3 heterocycles. The zero-order valence-corrected chi connectivity index (χ0v) is 10.2. The second-order valence-electron chi connectivity index (χ2n) is 3.70. The predicted molar refractivity (Wildman–Crippen MR) is 72.4 cm³/mol. The van der Waals surface area contributed by atoms with Gasteiger partial charge in [-0.15, -0.1) is 8.19 Å². The SMILES string of the molecule is c1ccc(-c2cc[pH]c2-c2ccccn2)nc1. The molecule has 1 atom stereocenters. The summed E-state index contributed by atoms with van der Waals surface area (Å²) in [5, 5.41) is 1.28. The van der Waals surface area contributed by atoms with Gasteiger partial charge in [-0.2, -0.15) is 0 Å². The van der Waals surface area contributed by atoms with Crippen LogP contribution in [0, 0.1) is 0 Å². The van der Waals surface area contributed by atoms with E-state index in [9.17, 15) is 0 Å². The van der Waals surface area contributed by atoms with Crippen LogP contribution in [0.1, 0.15) is 0 Å². The maximum atomic E-state index is 4.42. The first-order chi connectivity index (χ1) is 8.45. The van der Waals surface area contributed by atoms with E-state index in [1.54, 1.807) is 0 Å². The van der Waals surface area contributed by atoms with Crippen LogP contribution < -0.4 is 0 Å². The molecule has 0 radical (unpaired) electrons. The lowest BCUT2D eigenvalue weighted by atomic mass is 10.1. The highest BCUT2D eigenvalue weighted by Gasteiger charge is 2.08. The van der Waals surface area contributed by atoms with Crippen LogP contribution in [0.3, 0.4) is 0 Å². The van der Waals surface area contributed by atoms with Crippen LogP contribution in [-0.4, -0.2) is 9.97 Å². The average molecular weight is 238 g/mol. The van der Waals surface area contributed by atoms with Gasteiger partial charge in [-0.1, -0.05) is 12.1 Å². The Balaban J connectivity index is 2.13. The number of nitrogens with zero attached hydrogens (tertiary/aromatic N) is 2. The lowest BCUT2D eigenvalue weighted by molar-refractivity contribution is 1.31. The number of aromatic nitrogens is 2. The van der Waals surface area contributed by atoms with E-state index in [2.05, 4.69) is 27.9 Å². The van der Waals surface area contributed by atoms with Crippen LogP contribution in [-0.2, 0) is 0 Å². The molecule has 0 N–H and O–H groups in total. The van der Waals surface area contributed by atoms with E-state index in [1.807, 2.05) is 42.7 Å². The predicted octanol–water partition coefficient (Wildman–Crippen LogP) is 3.84. The quantitative estimate of drug-likeness (QED) is 0.677. The number of rotatable bonds is 2. The van der Waals surface area contributed by atoms with Gasteiger partial charge in [0.15, 0.2) is 0 Å². The molecule has 0 aliphatic heterocycles. The van der Waals surface area contributed by atoms with Crippen LogP contribution >= 0.6 is 8.19 Å². The van der Waals surface area contributed by atoms with E-state index in [0.29, 0.717) is 8.19 Å². The third kappa shape index (κ3) is 2.00. The van der Waals surface area contributed by atoms with E-state index in [-0.39, 0.29) is 0 Å². The van der Waals surface area contributed by atoms with Gasteiger partial charge >= 0.3 is 0 Å². The van der Waals surface area contributed by atoms with Gasteiger partial charge in [-0.25, -0.2) is 0 Å². The largest absolute Gasteiger partial charge is 0.256 e. The standard InChI is InChI=1S/C14H11N2P/c1-3-8-15-12(5-1)11-7-10-17-14(11)13-6-2-4-9-16-13/h1-10,17H. The van der Waals surface area contributed by atoms with E-state index < -0.39 is 0 Å². The fourth-order valence-electron chi connectivity index (χ4n) is 1.83. The summed E-state index contributed by atoms with van der Waals surface area (Å²) in [6, 6.07) is 14.2. The van der Waals surface area contributed by atoms with Crippen molar-refractivity contribution in [1.29, 1.82) is 0 Å². The Morgan fingerprint density at radius 3 is 2.12 bits per heavy atom. The van der Waals surface area contributed by atoms with Gasteiger partial charge in [-0.3, -0.25) is 9.97 Å². The van der Waals surface area contributed by atoms with E-state index in [1.165, 1.54) is 10.9 Å². The average Bonchev–Trinajstić information content (AvgIpc) is 2.90. The zero-order valence-electron chi connectivity index (χ0n) is 9.17. The molecule has 0 aliphatic rings. The first-order valence-corrected chi connectivity index (χ1v) is 6.53. The smallest absolute Gasteiger partial charge is 0.0745 e. The van der Waals surface area contributed by atoms with Gasteiger partial charge in [-0.05, 0) is 36.1 Å². The fraction of sp³-hybridized carbons (Fsp3) is 0. The normalized spacial score (nSPS) is 10.8. The maximum absolute atomic E-state index is 4.42. The summed E-state index contributed by atoms with van der Waals surface area (Å²) in [6.07, 6.45) is 3.66. The zero-order chi connectivity index (χ0) is 11.5. The number of hydrogen-bond donors (Lipinski definition) is 0. The lowest BCUT2D eigenvalue weighted by Gasteiger charge is -2.02. The van der Waals surface area contributed by atoms with Crippen molar-refractivity contribution in [1.82, 2.24) is 9.97 Å². The molecule has 82 valence electrons. The molecule has 1 unspecified atom stereocenters. The minimum absolute atomic E-state index is 0.680. The number of pyridine rings is 2.